The van der Waals surface area contributed by atoms with Gasteiger partial charge >= 0.3 is 0 Å². The van der Waals surface area contributed by atoms with Crippen LogP contribution in [0.5, 0.6) is 17.2 Å². The molecule has 0 saturated carbocycles. The van der Waals surface area contributed by atoms with Crippen molar-refractivity contribution in [2.45, 2.75) is 19.4 Å². The SMILES string of the molecule is CC(Cc1ccc2c(c1O)OCO2)NC=O. The van der Waals surface area contributed by atoms with E-state index in [4.69, 9.17) is 9.47 Å². The van der Waals surface area contributed by atoms with Gasteiger partial charge in [0, 0.05) is 11.6 Å². The molecule has 16 heavy (non-hydrogen) atoms. The Morgan fingerprint density at radius 3 is 3.12 bits per heavy atom. The summed E-state index contributed by atoms with van der Waals surface area (Å²) in [5.74, 6) is 1.03. The molecule has 1 aliphatic heterocycles. The Bertz CT molecular complexity index is 405. The number of nitrogens with one attached hydrogen (secondary N) is 1. The Morgan fingerprint density at radius 1 is 1.56 bits per heavy atom. The number of hydrogen-bond acceptors (Lipinski definition) is 4. The van der Waals surface area contributed by atoms with Crippen LogP contribution in [0, 0.1) is 0 Å². The van der Waals surface area contributed by atoms with Gasteiger partial charge in [0.05, 0.1) is 0 Å². The van der Waals surface area contributed by atoms with Crippen molar-refractivity contribution >= 4 is 6.41 Å². The van der Waals surface area contributed by atoms with Crippen molar-refractivity contribution in [3.05, 3.63) is 17.7 Å². The van der Waals surface area contributed by atoms with E-state index in [2.05, 4.69) is 5.32 Å². The second-order valence-electron chi connectivity index (χ2n) is 3.70. The lowest BCUT2D eigenvalue weighted by atomic mass is 10.1. The first-order valence-corrected chi connectivity index (χ1v) is 5.02. The molecule has 2 N–H and O–H groups in total. The number of benzene rings is 1. The van der Waals surface area contributed by atoms with Gasteiger partial charge in [-0.15, -0.1) is 0 Å². The normalized spacial score (nSPS) is 14.6. The zero-order chi connectivity index (χ0) is 11.5. The molecule has 86 valence electrons. The van der Waals surface area contributed by atoms with Crippen LogP contribution in [0.3, 0.4) is 0 Å². The van der Waals surface area contributed by atoms with Crippen molar-refractivity contribution in [3.63, 3.8) is 0 Å². The maximum Gasteiger partial charge on any atom is 0.231 e. The Morgan fingerprint density at radius 2 is 2.38 bits per heavy atom. The molecule has 0 aliphatic carbocycles. The van der Waals surface area contributed by atoms with Crippen LogP contribution in [0.4, 0.5) is 0 Å². The van der Waals surface area contributed by atoms with Gasteiger partial charge in [-0.05, 0) is 19.4 Å². The number of ether oxygens (including phenoxy) is 2. The number of rotatable bonds is 4. The van der Waals surface area contributed by atoms with E-state index >= 15 is 0 Å². The summed E-state index contributed by atoms with van der Waals surface area (Å²) in [5, 5.41) is 12.5. The van der Waals surface area contributed by atoms with Crippen molar-refractivity contribution in [2.24, 2.45) is 0 Å². The van der Waals surface area contributed by atoms with Gasteiger partial charge in [-0.1, -0.05) is 6.07 Å². The van der Waals surface area contributed by atoms with Crippen LogP contribution in [-0.2, 0) is 11.2 Å². The number of phenols is 1. The fourth-order valence-corrected chi connectivity index (χ4v) is 1.67. The number of phenolic OH excluding ortho intramolecular Hbond substituents is 1. The molecule has 0 saturated heterocycles. The molecule has 1 atom stereocenters. The van der Waals surface area contributed by atoms with Crippen molar-refractivity contribution in [2.75, 3.05) is 6.79 Å². The van der Waals surface area contributed by atoms with Crippen LogP contribution in [0.2, 0.25) is 0 Å². The van der Waals surface area contributed by atoms with Gasteiger partial charge < -0.3 is 19.9 Å². The van der Waals surface area contributed by atoms with Crippen LogP contribution in [0.25, 0.3) is 0 Å². The van der Waals surface area contributed by atoms with Crippen LogP contribution < -0.4 is 14.8 Å². The van der Waals surface area contributed by atoms with E-state index in [9.17, 15) is 9.90 Å². The Balaban J connectivity index is 2.19. The smallest absolute Gasteiger partial charge is 0.231 e. The Hall–Kier alpha value is -1.91. The monoisotopic (exact) mass is 223 g/mol. The van der Waals surface area contributed by atoms with Crippen molar-refractivity contribution in [1.82, 2.24) is 5.32 Å². The second-order valence-corrected chi connectivity index (χ2v) is 3.70. The minimum atomic E-state index is -0.0382. The van der Waals surface area contributed by atoms with Crippen molar-refractivity contribution in [1.29, 1.82) is 0 Å². The van der Waals surface area contributed by atoms with Gasteiger partial charge in [-0.3, -0.25) is 4.79 Å². The Labute approximate surface area is 93.0 Å². The summed E-state index contributed by atoms with van der Waals surface area (Å²) < 4.78 is 10.3. The fraction of sp³-hybridized carbons (Fsp3) is 0.364. The van der Waals surface area contributed by atoms with E-state index in [1.54, 1.807) is 12.1 Å². The topological polar surface area (TPSA) is 67.8 Å². The zero-order valence-electron chi connectivity index (χ0n) is 8.90. The minimum Gasteiger partial charge on any atom is -0.504 e. The van der Waals surface area contributed by atoms with Gasteiger partial charge in [0.15, 0.2) is 11.5 Å². The molecule has 0 aromatic heterocycles. The summed E-state index contributed by atoms with van der Waals surface area (Å²) in [6, 6.07) is 3.49. The quantitative estimate of drug-likeness (QED) is 0.741. The van der Waals surface area contributed by atoms with E-state index in [-0.39, 0.29) is 18.6 Å². The lowest BCUT2D eigenvalue weighted by Gasteiger charge is -2.12. The third kappa shape index (κ3) is 1.88. The number of hydrogen-bond donors (Lipinski definition) is 2. The van der Waals surface area contributed by atoms with E-state index in [0.29, 0.717) is 24.3 Å². The van der Waals surface area contributed by atoms with E-state index in [0.717, 1.165) is 5.56 Å². The summed E-state index contributed by atoms with van der Waals surface area (Å²) in [4.78, 5) is 10.3. The average Bonchev–Trinajstić information content (AvgIpc) is 2.71. The Kier molecular flexibility index (Phi) is 2.85. The largest absolute Gasteiger partial charge is 0.504 e. The molecule has 0 spiro atoms. The highest BCUT2D eigenvalue weighted by Gasteiger charge is 2.20. The average molecular weight is 223 g/mol. The maximum absolute atomic E-state index is 10.3. The predicted molar refractivity (Wildman–Crippen MR) is 56.6 cm³/mol. The molecular formula is C11H13NO4. The molecule has 1 heterocycles. The first kappa shape index (κ1) is 10.6. The van der Waals surface area contributed by atoms with E-state index < -0.39 is 0 Å². The molecule has 0 bridgehead atoms. The third-order valence-electron chi connectivity index (χ3n) is 2.48. The number of carbonyl (C=O) groups excluding carboxylic acids is 1. The molecule has 1 aromatic carbocycles. The summed E-state index contributed by atoms with van der Waals surface area (Å²) in [6.07, 6.45) is 1.19. The highest BCUT2D eigenvalue weighted by molar-refractivity contribution is 5.56. The lowest BCUT2D eigenvalue weighted by Crippen LogP contribution is -2.26. The van der Waals surface area contributed by atoms with Gasteiger partial charge in [-0.25, -0.2) is 0 Å². The highest BCUT2D eigenvalue weighted by atomic mass is 16.7. The zero-order valence-corrected chi connectivity index (χ0v) is 8.90. The lowest BCUT2D eigenvalue weighted by molar-refractivity contribution is -0.110. The summed E-state index contributed by atoms with van der Waals surface area (Å²) in [6.45, 7) is 1.99. The number of amides is 1. The van der Waals surface area contributed by atoms with Gasteiger partial charge in [0.25, 0.3) is 0 Å². The molecule has 5 heteroatoms. The fourth-order valence-electron chi connectivity index (χ4n) is 1.67. The summed E-state index contributed by atoms with van der Waals surface area (Å²) in [7, 11) is 0. The molecule has 5 nitrogen and oxygen atoms in total. The number of aromatic hydroxyl groups is 1. The van der Waals surface area contributed by atoms with E-state index in [1.807, 2.05) is 6.92 Å². The molecule has 1 aliphatic rings. The van der Waals surface area contributed by atoms with Crippen molar-refractivity contribution in [3.8, 4) is 17.2 Å². The van der Waals surface area contributed by atoms with Crippen LogP contribution >= 0.6 is 0 Å². The van der Waals surface area contributed by atoms with Gasteiger partial charge in [0.2, 0.25) is 19.0 Å². The standard InChI is InChI=1S/C11H13NO4/c1-7(12-5-13)4-8-2-3-9-11(10(8)14)16-6-15-9/h2-3,5,7,14H,4,6H2,1H3,(H,12,13). The molecule has 1 aromatic rings. The maximum atomic E-state index is 10.3. The number of fused-ring (bicyclic) bond motifs is 1. The molecule has 0 fully saturated rings. The van der Waals surface area contributed by atoms with Crippen LogP contribution in [-0.4, -0.2) is 24.4 Å². The van der Waals surface area contributed by atoms with Gasteiger partial charge in [-0.2, -0.15) is 0 Å². The van der Waals surface area contributed by atoms with Gasteiger partial charge in [0.1, 0.15) is 0 Å². The third-order valence-corrected chi connectivity index (χ3v) is 2.48. The first-order chi connectivity index (χ1) is 7.72. The molecule has 1 unspecified atom stereocenters. The summed E-state index contributed by atoms with van der Waals surface area (Å²) >= 11 is 0. The van der Waals surface area contributed by atoms with Crippen LogP contribution in [0.15, 0.2) is 12.1 Å². The highest BCUT2D eigenvalue weighted by Crippen LogP contribution is 2.42. The molecule has 2 rings (SSSR count). The first-order valence-electron chi connectivity index (χ1n) is 5.02. The molecular weight excluding hydrogens is 210 g/mol. The predicted octanol–water partition coefficient (Wildman–Crippen LogP) is 0.798. The minimum absolute atomic E-state index is 0.0382. The summed E-state index contributed by atoms with van der Waals surface area (Å²) in [5.41, 5.74) is 0.728. The second kappa shape index (κ2) is 4.30. The molecule has 0 radical (unpaired) electrons. The van der Waals surface area contributed by atoms with Crippen LogP contribution in [0.1, 0.15) is 12.5 Å². The van der Waals surface area contributed by atoms with Crippen molar-refractivity contribution < 1.29 is 19.4 Å². The number of carbonyl (C=O) groups is 1. The molecule has 1 amide bonds. The van der Waals surface area contributed by atoms with E-state index in [1.165, 1.54) is 0 Å².